The van der Waals surface area contributed by atoms with Crippen molar-refractivity contribution in [2.24, 2.45) is 0 Å². The van der Waals surface area contributed by atoms with Gasteiger partial charge in [0.1, 0.15) is 12.1 Å². The standard InChI is InChI=1S/C14H21N5/c1-6-12-10(4)18-19(11(12)5)14-9(3)13(15-7-2)16-8-17-14/h8H,6-7H2,1-5H3,(H,15,16,17). The highest BCUT2D eigenvalue weighted by Crippen LogP contribution is 2.22. The molecule has 0 aliphatic carbocycles. The zero-order valence-corrected chi connectivity index (χ0v) is 12.3. The van der Waals surface area contributed by atoms with Crippen LogP contribution in [-0.2, 0) is 6.42 Å². The molecule has 5 nitrogen and oxygen atoms in total. The monoisotopic (exact) mass is 259 g/mol. The smallest absolute Gasteiger partial charge is 0.162 e. The van der Waals surface area contributed by atoms with Gasteiger partial charge in [0.05, 0.1) is 5.69 Å². The van der Waals surface area contributed by atoms with E-state index in [1.165, 1.54) is 5.56 Å². The third-order valence-corrected chi connectivity index (χ3v) is 3.40. The fraction of sp³-hybridized carbons (Fsp3) is 0.500. The molecule has 2 aromatic rings. The average molecular weight is 259 g/mol. The van der Waals surface area contributed by atoms with Gasteiger partial charge in [0.15, 0.2) is 5.82 Å². The number of rotatable bonds is 4. The molecule has 0 radical (unpaired) electrons. The fourth-order valence-electron chi connectivity index (χ4n) is 2.39. The first kappa shape index (κ1) is 13.5. The van der Waals surface area contributed by atoms with E-state index in [0.717, 1.165) is 41.6 Å². The van der Waals surface area contributed by atoms with Crippen LogP contribution < -0.4 is 5.32 Å². The van der Waals surface area contributed by atoms with Gasteiger partial charge in [-0.2, -0.15) is 5.10 Å². The van der Waals surface area contributed by atoms with Crippen molar-refractivity contribution in [1.82, 2.24) is 19.7 Å². The molecule has 0 saturated heterocycles. The molecule has 0 bridgehead atoms. The van der Waals surface area contributed by atoms with Crippen molar-refractivity contribution in [2.75, 3.05) is 11.9 Å². The molecule has 1 N–H and O–H groups in total. The second-order valence-electron chi connectivity index (χ2n) is 4.62. The van der Waals surface area contributed by atoms with Gasteiger partial charge in [-0.1, -0.05) is 6.92 Å². The third kappa shape index (κ3) is 2.32. The Balaban J connectivity index is 2.56. The number of nitrogens with one attached hydrogen (secondary N) is 1. The normalized spacial score (nSPS) is 10.8. The molecule has 0 fully saturated rings. The number of anilines is 1. The maximum Gasteiger partial charge on any atom is 0.162 e. The predicted octanol–water partition coefficient (Wildman–Crippen LogP) is 2.58. The second-order valence-corrected chi connectivity index (χ2v) is 4.62. The number of nitrogens with zero attached hydrogens (tertiary/aromatic N) is 4. The third-order valence-electron chi connectivity index (χ3n) is 3.40. The van der Waals surface area contributed by atoms with Crippen LogP contribution in [0.15, 0.2) is 6.33 Å². The van der Waals surface area contributed by atoms with Crippen molar-refractivity contribution in [1.29, 1.82) is 0 Å². The van der Waals surface area contributed by atoms with E-state index < -0.39 is 0 Å². The number of hydrogen-bond donors (Lipinski definition) is 1. The van der Waals surface area contributed by atoms with Crippen molar-refractivity contribution in [3.63, 3.8) is 0 Å². The summed E-state index contributed by atoms with van der Waals surface area (Å²) >= 11 is 0. The van der Waals surface area contributed by atoms with Crippen molar-refractivity contribution < 1.29 is 0 Å². The minimum absolute atomic E-state index is 0.842. The molecular weight excluding hydrogens is 238 g/mol. The highest BCUT2D eigenvalue weighted by atomic mass is 15.3. The summed E-state index contributed by atoms with van der Waals surface area (Å²) in [6.07, 6.45) is 2.57. The lowest BCUT2D eigenvalue weighted by molar-refractivity contribution is 0.791. The summed E-state index contributed by atoms with van der Waals surface area (Å²) in [5, 5.41) is 7.86. The minimum Gasteiger partial charge on any atom is -0.370 e. The first-order chi connectivity index (χ1) is 9.10. The van der Waals surface area contributed by atoms with Crippen LogP contribution >= 0.6 is 0 Å². The van der Waals surface area contributed by atoms with Gasteiger partial charge in [-0.3, -0.25) is 0 Å². The summed E-state index contributed by atoms with van der Waals surface area (Å²) in [4.78, 5) is 8.66. The molecule has 19 heavy (non-hydrogen) atoms. The van der Waals surface area contributed by atoms with Gasteiger partial charge >= 0.3 is 0 Å². The van der Waals surface area contributed by atoms with E-state index in [9.17, 15) is 0 Å². The van der Waals surface area contributed by atoms with E-state index in [0.29, 0.717) is 0 Å². The Labute approximate surface area is 114 Å². The van der Waals surface area contributed by atoms with Crippen LogP contribution in [0.25, 0.3) is 5.82 Å². The quantitative estimate of drug-likeness (QED) is 0.917. The SMILES string of the molecule is CCNc1ncnc(-n2nc(C)c(CC)c2C)c1C. The summed E-state index contributed by atoms with van der Waals surface area (Å²) < 4.78 is 1.92. The summed E-state index contributed by atoms with van der Waals surface area (Å²) in [7, 11) is 0. The molecule has 0 amide bonds. The lowest BCUT2D eigenvalue weighted by atomic mass is 10.1. The largest absolute Gasteiger partial charge is 0.370 e. The van der Waals surface area contributed by atoms with Gasteiger partial charge < -0.3 is 5.32 Å². The first-order valence-corrected chi connectivity index (χ1v) is 6.71. The van der Waals surface area contributed by atoms with E-state index in [1.807, 2.05) is 18.5 Å². The molecule has 0 aliphatic heterocycles. The van der Waals surface area contributed by atoms with Crippen LogP contribution in [0.3, 0.4) is 0 Å². The van der Waals surface area contributed by atoms with Gasteiger partial charge in [0.2, 0.25) is 0 Å². The Kier molecular flexibility index (Phi) is 3.83. The minimum atomic E-state index is 0.842. The molecule has 2 aromatic heterocycles. The molecule has 102 valence electrons. The van der Waals surface area contributed by atoms with E-state index in [4.69, 9.17) is 0 Å². The average Bonchev–Trinajstić information content (AvgIpc) is 2.67. The lowest BCUT2D eigenvalue weighted by Crippen LogP contribution is -2.09. The van der Waals surface area contributed by atoms with Crippen LogP contribution in [0.5, 0.6) is 0 Å². The van der Waals surface area contributed by atoms with Crippen molar-refractivity contribution in [3.05, 3.63) is 28.8 Å². The highest BCUT2D eigenvalue weighted by Gasteiger charge is 2.15. The Morgan fingerprint density at radius 2 is 1.89 bits per heavy atom. The second kappa shape index (κ2) is 5.38. The van der Waals surface area contributed by atoms with Crippen LogP contribution in [0.1, 0.15) is 36.4 Å². The van der Waals surface area contributed by atoms with E-state index in [2.05, 4.69) is 41.2 Å². The molecule has 2 rings (SSSR count). The summed E-state index contributed by atoms with van der Waals surface area (Å²) in [6.45, 7) is 11.2. The van der Waals surface area contributed by atoms with Gasteiger partial charge in [-0.15, -0.1) is 0 Å². The van der Waals surface area contributed by atoms with Gasteiger partial charge in [0, 0.05) is 17.8 Å². The van der Waals surface area contributed by atoms with Crippen molar-refractivity contribution in [3.8, 4) is 5.82 Å². The van der Waals surface area contributed by atoms with E-state index >= 15 is 0 Å². The highest BCUT2D eigenvalue weighted by molar-refractivity contribution is 5.51. The summed E-state index contributed by atoms with van der Waals surface area (Å²) in [5.74, 6) is 1.73. The van der Waals surface area contributed by atoms with Crippen LogP contribution in [0.2, 0.25) is 0 Å². The van der Waals surface area contributed by atoms with Crippen LogP contribution in [-0.4, -0.2) is 26.3 Å². The van der Waals surface area contributed by atoms with Gasteiger partial charge in [0.25, 0.3) is 0 Å². The van der Waals surface area contributed by atoms with Crippen LogP contribution in [0.4, 0.5) is 5.82 Å². The number of aryl methyl sites for hydroxylation is 1. The van der Waals surface area contributed by atoms with Crippen LogP contribution in [0, 0.1) is 20.8 Å². The zero-order chi connectivity index (χ0) is 14.0. The maximum atomic E-state index is 4.61. The lowest BCUT2D eigenvalue weighted by Gasteiger charge is -2.11. The van der Waals surface area contributed by atoms with E-state index in [-0.39, 0.29) is 0 Å². The zero-order valence-electron chi connectivity index (χ0n) is 12.3. The topological polar surface area (TPSA) is 55.6 Å². The van der Waals surface area contributed by atoms with Crippen molar-refractivity contribution >= 4 is 5.82 Å². The molecule has 0 saturated carbocycles. The Morgan fingerprint density at radius 3 is 2.47 bits per heavy atom. The number of aromatic nitrogens is 4. The predicted molar refractivity (Wildman–Crippen MR) is 76.9 cm³/mol. The van der Waals surface area contributed by atoms with Gasteiger partial charge in [-0.05, 0) is 39.7 Å². The maximum absolute atomic E-state index is 4.61. The molecule has 0 aromatic carbocycles. The van der Waals surface area contributed by atoms with Gasteiger partial charge in [-0.25, -0.2) is 14.6 Å². The van der Waals surface area contributed by atoms with E-state index in [1.54, 1.807) is 6.33 Å². The molecule has 0 unspecified atom stereocenters. The molecular formula is C14H21N5. The van der Waals surface area contributed by atoms with Crippen molar-refractivity contribution in [2.45, 2.75) is 41.0 Å². The molecule has 2 heterocycles. The Hall–Kier alpha value is -1.91. The molecule has 0 spiro atoms. The molecule has 0 aliphatic rings. The Morgan fingerprint density at radius 1 is 1.16 bits per heavy atom. The molecule has 5 heteroatoms. The summed E-state index contributed by atoms with van der Waals surface area (Å²) in [6, 6.07) is 0. The first-order valence-electron chi connectivity index (χ1n) is 6.71. The summed E-state index contributed by atoms with van der Waals surface area (Å²) in [5.41, 5.74) is 4.55. The number of hydrogen-bond acceptors (Lipinski definition) is 4. The molecule has 0 atom stereocenters. The Bertz CT molecular complexity index is 586. The fourth-order valence-corrected chi connectivity index (χ4v) is 2.39.